The van der Waals surface area contributed by atoms with Gasteiger partial charge < -0.3 is 10.1 Å². The van der Waals surface area contributed by atoms with Crippen LogP contribution in [0, 0.1) is 17.0 Å². The lowest BCUT2D eigenvalue weighted by atomic mass is 10.1. The molecule has 1 N–H and O–H groups in total. The normalized spacial score (nSPS) is 10.0. The third kappa shape index (κ3) is 3.52. The number of anilines is 1. The highest BCUT2D eigenvalue weighted by molar-refractivity contribution is 6.08. The first-order valence-electron chi connectivity index (χ1n) is 6.67. The van der Waals surface area contributed by atoms with Crippen LogP contribution >= 0.6 is 0 Å². The quantitative estimate of drug-likeness (QED) is 0.531. The van der Waals surface area contributed by atoms with Crippen LogP contribution in [0.4, 0.5) is 11.4 Å². The minimum atomic E-state index is -0.554. The number of nitrogens with one attached hydrogen (secondary N) is 1. The third-order valence-electron chi connectivity index (χ3n) is 3.25. The van der Waals surface area contributed by atoms with E-state index in [0.29, 0.717) is 11.3 Å². The molecule has 0 fully saturated rings. The maximum Gasteiger partial charge on any atom is 0.340 e. The fourth-order valence-electron chi connectivity index (χ4n) is 2.07. The molecule has 0 aliphatic carbocycles. The second-order valence-corrected chi connectivity index (χ2v) is 4.75. The van der Waals surface area contributed by atoms with Crippen LogP contribution in [0.15, 0.2) is 42.5 Å². The Hall–Kier alpha value is -3.22. The van der Waals surface area contributed by atoms with Gasteiger partial charge in [0.2, 0.25) is 0 Å². The molecule has 2 aromatic carbocycles. The molecule has 1 amide bonds. The van der Waals surface area contributed by atoms with Gasteiger partial charge in [0.1, 0.15) is 0 Å². The number of nitro benzene ring substituents is 1. The Morgan fingerprint density at radius 1 is 1.13 bits per heavy atom. The van der Waals surface area contributed by atoms with Gasteiger partial charge in [-0.1, -0.05) is 12.1 Å². The summed E-state index contributed by atoms with van der Waals surface area (Å²) >= 11 is 0. The molecule has 118 valence electrons. The molecule has 2 rings (SSSR count). The lowest BCUT2D eigenvalue weighted by Crippen LogP contribution is -2.16. The maximum atomic E-state index is 12.2. The van der Waals surface area contributed by atoms with Gasteiger partial charge in [-0.3, -0.25) is 14.9 Å². The van der Waals surface area contributed by atoms with Crippen molar-refractivity contribution in [1.82, 2.24) is 0 Å². The molecule has 0 unspecified atom stereocenters. The molecule has 0 atom stereocenters. The van der Waals surface area contributed by atoms with E-state index in [1.54, 1.807) is 25.1 Å². The van der Waals surface area contributed by atoms with E-state index in [0.717, 1.165) is 0 Å². The van der Waals surface area contributed by atoms with E-state index < -0.39 is 16.8 Å². The zero-order valence-corrected chi connectivity index (χ0v) is 12.5. The lowest BCUT2D eigenvalue weighted by molar-refractivity contribution is -0.384. The fourth-order valence-corrected chi connectivity index (χ4v) is 2.07. The Labute approximate surface area is 132 Å². The first kappa shape index (κ1) is 16.2. The van der Waals surface area contributed by atoms with E-state index in [2.05, 4.69) is 5.32 Å². The SMILES string of the molecule is COC(=O)c1c(C)cccc1NC(=O)c1ccc([N+](=O)[O-])cc1. The van der Waals surface area contributed by atoms with Crippen LogP contribution < -0.4 is 5.32 Å². The second kappa shape index (κ2) is 6.69. The minimum Gasteiger partial charge on any atom is -0.465 e. The monoisotopic (exact) mass is 314 g/mol. The highest BCUT2D eigenvalue weighted by Gasteiger charge is 2.17. The maximum absolute atomic E-state index is 12.2. The highest BCUT2D eigenvalue weighted by atomic mass is 16.6. The summed E-state index contributed by atoms with van der Waals surface area (Å²) in [5.41, 5.74) is 1.39. The van der Waals surface area contributed by atoms with E-state index >= 15 is 0 Å². The number of benzene rings is 2. The first-order chi connectivity index (χ1) is 10.9. The Morgan fingerprint density at radius 3 is 2.35 bits per heavy atom. The van der Waals surface area contributed by atoms with Crippen LogP contribution in [-0.4, -0.2) is 23.9 Å². The van der Waals surface area contributed by atoms with Crippen molar-refractivity contribution in [3.05, 3.63) is 69.3 Å². The average molecular weight is 314 g/mol. The summed E-state index contributed by atoms with van der Waals surface area (Å²) in [5.74, 6) is -1.03. The average Bonchev–Trinajstić information content (AvgIpc) is 2.54. The van der Waals surface area contributed by atoms with Gasteiger partial charge in [0.15, 0.2) is 0 Å². The molecular weight excluding hydrogens is 300 g/mol. The molecule has 0 saturated carbocycles. The van der Waals surface area contributed by atoms with E-state index in [1.807, 2.05) is 0 Å². The number of ether oxygens (including phenoxy) is 1. The van der Waals surface area contributed by atoms with Crippen molar-refractivity contribution in [2.75, 3.05) is 12.4 Å². The van der Waals surface area contributed by atoms with Gasteiger partial charge in [-0.25, -0.2) is 4.79 Å². The van der Waals surface area contributed by atoms with Gasteiger partial charge in [0, 0.05) is 17.7 Å². The van der Waals surface area contributed by atoms with E-state index in [1.165, 1.54) is 31.4 Å². The van der Waals surface area contributed by atoms with Gasteiger partial charge in [-0.15, -0.1) is 0 Å². The van der Waals surface area contributed by atoms with Crippen LogP contribution in [0.25, 0.3) is 0 Å². The Balaban J connectivity index is 2.28. The van der Waals surface area contributed by atoms with Crippen LogP contribution in [-0.2, 0) is 4.74 Å². The number of non-ortho nitro benzene ring substituents is 1. The second-order valence-electron chi connectivity index (χ2n) is 4.75. The summed E-state index contributed by atoms with van der Waals surface area (Å²) in [6, 6.07) is 10.2. The number of esters is 1. The molecule has 0 spiro atoms. The largest absolute Gasteiger partial charge is 0.465 e. The topological polar surface area (TPSA) is 98.5 Å². The summed E-state index contributed by atoms with van der Waals surface area (Å²) in [7, 11) is 1.26. The molecule has 7 nitrogen and oxygen atoms in total. The van der Waals surface area contributed by atoms with Crippen molar-refractivity contribution in [1.29, 1.82) is 0 Å². The van der Waals surface area contributed by atoms with Gasteiger partial charge in [-0.05, 0) is 30.7 Å². The molecule has 0 aliphatic heterocycles. The zero-order chi connectivity index (χ0) is 17.0. The molecular formula is C16H14N2O5. The van der Waals surface area contributed by atoms with Crippen molar-refractivity contribution >= 4 is 23.3 Å². The third-order valence-corrected chi connectivity index (χ3v) is 3.25. The molecule has 0 aliphatic rings. The predicted molar refractivity (Wildman–Crippen MR) is 83.6 cm³/mol. The number of amides is 1. The van der Waals surface area contributed by atoms with Crippen molar-refractivity contribution in [2.45, 2.75) is 6.92 Å². The number of hydrogen-bond donors (Lipinski definition) is 1. The highest BCUT2D eigenvalue weighted by Crippen LogP contribution is 2.22. The fraction of sp³-hybridized carbons (Fsp3) is 0.125. The molecule has 0 saturated heterocycles. The van der Waals surface area contributed by atoms with Gasteiger partial charge in [-0.2, -0.15) is 0 Å². The van der Waals surface area contributed by atoms with Gasteiger partial charge in [0.25, 0.3) is 11.6 Å². The van der Waals surface area contributed by atoms with E-state index in [9.17, 15) is 19.7 Å². The van der Waals surface area contributed by atoms with Crippen LogP contribution in [0.2, 0.25) is 0 Å². The molecule has 0 radical (unpaired) electrons. The van der Waals surface area contributed by atoms with Crippen molar-refractivity contribution in [3.8, 4) is 0 Å². The zero-order valence-electron chi connectivity index (χ0n) is 12.5. The first-order valence-corrected chi connectivity index (χ1v) is 6.67. The summed E-state index contributed by atoms with van der Waals surface area (Å²) < 4.78 is 4.72. The molecule has 0 heterocycles. The number of hydrogen-bond acceptors (Lipinski definition) is 5. The standard InChI is InChI=1S/C16H14N2O5/c1-10-4-3-5-13(14(10)16(20)23-2)17-15(19)11-6-8-12(9-7-11)18(21)22/h3-9H,1-2H3,(H,17,19). The smallest absolute Gasteiger partial charge is 0.340 e. The Bertz CT molecular complexity index is 769. The number of rotatable bonds is 4. The number of carbonyl (C=O) groups excluding carboxylic acids is 2. The Kier molecular flexibility index (Phi) is 4.70. The lowest BCUT2D eigenvalue weighted by Gasteiger charge is -2.12. The molecule has 2 aromatic rings. The van der Waals surface area contributed by atoms with E-state index in [4.69, 9.17) is 4.74 Å². The number of nitro groups is 1. The van der Waals surface area contributed by atoms with Crippen molar-refractivity contribution in [2.24, 2.45) is 0 Å². The molecule has 7 heteroatoms. The van der Waals surface area contributed by atoms with Crippen LogP contribution in [0.5, 0.6) is 0 Å². The molecule has 0 bridgehead atoms. The molecule has 0 aromatic heterocycles. The van der Waals surface area contributed by atoms with Gasteiger partial charge in [0.05, 0.1) is 23.3 Å². The summed E-state index contributed by atoms with van der Waals surface area (Å²) in [5, 5.41) is 13.2. The number of nitrogens with zero attached hydrogens (tertiary/aromatic N) is 1. The minimum absolute atomic E-state index is 0.104. The number of carbonyl (C=O) groups is 2. The summed E-state index contributed by atoms with van der Waals surface area (Å²) in [4.78, 5) is 34.2. The van der Waals surface area contributed by atoms with Crippen molar-refractivity contribution < 1.29 is 19.2 Å². The summed E-state index contributed by atoms with van der Waals surface area (Å²) in [6.45, 7) is 1.73. The number of methoxy groups -OCH3 is 1. The van der Waals surface area contributed by atoms with Crippen LogP contribution in [0.3, 0.4) is 0 Å². The summed E-state index contributed by atoms with van der Waals surface area (Å²) in [6.07, 6.45) is 0. The van der Waals surface area contributed by atoms with Crippen LogP contribution in [0.1, 0.15) is 26.3 Å². The predicted octanol–water partition coefficient (Wildman–Crippen LogP) is 2.94. The van der Waals surface area contributed by atoms with E-state index in [-0.39, 0.29) is 16.8 Å². The number of aryl methyl sites for hydroxylation is 1. The Morgan fingerprint density at radius 2 is 1.78 bits per heavy atom. The molecule has 23 heavy (non-hydrogen) atoms. The van der Waals surface area contributed by atoms with Crippen molar-refractivity contribution in [3.63, 3.8) is 0 Å². The van der Waals surface area contributed by atoms with Gasteiger partial charge >= 0.3 is 5.97 Å².